The van der Waals surface area contributed by atoms with Crippen LogP contribution >= 0.6 is 0 Å². The number of nitrogens with zero attached hydrogens (tertiary/aromatic N) is 1. The number of benzene rings is 2. The summed E-state index contributed by atoms with van der Waals surface area (Å²) in [6.07, 6.45) is 0. The number of esters is 1. The summed E-state index contributed by atoms with van der Waals surface area (Å²) in [6.45, 7) is 3.32. The zero-order valence-corrected chi connectivity index (χ0v) is 13.2. The first-order valence-electron chi connectivity index (χ1n) is 7.15. The number of carbonyl (C=O) groups excluding carboxylic acids is 2. The van der Waals surface area contributed by atoms with Crippen LogP contribution < -0.4 is 5.32 Å². The second kappa shape index (κ2) is 7.36. The number of aryl methyl sites for hydroxylation is 2. The SMILES string of the molecule is Cc1ccc(C)c(NC(=O)COC(=O)c2ccc([N+](=O)[O-])cc2)c1. The summed E-state index contributed by atoms with van der Waals surface area (Å²) in [4.78, 5) is 33.7. The van der Waals surface area contributed by atoms with Gasteiger partial charge in [-0.1, -0.05) is 12.1 Å². The lowest BCUT2D eigenvalue weighted by atomic mass is 10.1. The van der Waals surface area contributed by atoms with Gasteiger partial charge in [0.05, 0.1) is 10.5 Å². The Hall–Kier alpha value is -3.22. The molecule has 0 atom stereocenters. The monoisotopic (exact) mass is 328 g/mol. The molecule has 0 saturated carbocycles. The largest absolute Gasteiger partial charge is 0.452 e. The van der Waals surface area contributed by atoms with Gasteiger partial charge in [-0.3, -0.25) is 14.9 Å². The zero-order chi connectivity index (χ0) is 17.7. The Morgan fingerprint density at radius 3 is 2.42 bits per heavy atom. The molecule has 2 aromatic rings. The van der Waals surface area contributed by atoms with Gasteiger partial charge in [0, 0.05) is 17.8 Å². The van der Waals surface area contributed by atoms with E-state index in [0.717, 1.165) is 11.1 Å². The number of anilines is 1. The average molecular weight is 328 g/mol. The first-order valence-corrected chi connectivity index (χ1v) is 7.15. The topological polar surface area (TPSA) is 98.5 Å². The molecule has 0 heterocycles. The van der Waals surface area contributed by atoms with Crippen LogP contribution in [0.4, 0.5) is 11.4 Å². The minimum absolute atomic E-state index is 0.126. The van der Waals surface area contributed by atoms with Crippen LogP contribution in [0.25, 0.3) is 0 Å². The van der Waals surface area contributed by atoms with Crippen LogP contribution in [0.1, 0.15) is 21.5 Å². The van der Waals surface area contributed by atoms with Crippen molar-refractivity contribution < 1.29 is 19.2 Å². The highest BCUT2D eigenvalue weighted by molar-refractivity contribution is 5.96. The predicted octanol–water partition coefficient (Wildman–Crippen LogP) is 3.01. The molecular weight excluding hydrogens is 312 g/mol. The number of amides is 1. The van der Waals surface area contributed by atoms with Crippen LogP contribution in [0.3, 0.4) is 0 Å². The number of rotatable bonds is 5. The Morgan fingerprint density at radius 1 is 1.12 bits per heavy atom. The second-order valence-corrected chi connectivity index (χ2v) is 5.25. The molecule has 2 rings (SSSR count). The molecule has 0 aliphatic heterocycles. The van der Waals surface area contributed by atoms with Gasteiger partial charge in [-0.25, -0.2) is 4.79 Å². The van der Waals surface area contributed by atoms with E-state index in [1.165, 1.54) is 24.3 Å². The van der Waals surface area contributed by atoms with Gasteiger partial charge in [0.15, 0.2) is 6.61 Å². The fourth-order valence-electron chi connectivity index (χ4n) is 1.99. The third-order valence-electron chi connectivity index (χ3n) is 3.32. The van der Waals surface area contributed by atoms with E-state index < -0.39 is 23.4 Å². The van der Waals surface area contributed by atoms with Crippen LogP contribution in [-0.2, 0) is 9.53 Å². The van der Waals surface area contributed by atoms with Gasteiger partial charge in [-0.15, -0.1) is 0 Å². The molecule has 0 saturated heterocycles. The van der Waals surface area contributed by atoms with E-state index in [1.54, 1.807) is 0 Å². The maximum absolute atomic E-state index is 11.9. The third kappa shape index (κ3) is 4.39. The molecule has 2 aromatic carbocycles. The van der Waals surface area contributed by atoms with Gasteiger partial charge in [-0.05, 0) is 43.2 Å². The zero-order valence-electron chi connectivity index (χ0n) is 13.2. The van der Waals surface area contributed by atoms with Crippen molar-refractivity contribution in [1.29, 1.82) is 0 Å². The molecule has 1 amide bonds. The maximum Gasteiger partial charge on any atom is 0.338 e. The fourth-order valence-corrected chi connectivity index (χ4v) is 1.99. The van der Waals surface area contributed by atoms with Crippen molar-refractivity contribution in [3.63, 3.8) is 0 Å². The Balaban J connectivity index is 1.92. The Morgan fingerprint density at radius 2 is 1.79 bits per heavy atom. The lowest BCUT2D eigenvalue weighted by Gasteiger charge is -2.09. The molecule has 7 nitrogen and oxygen atoms in total. The minimum atomic E-state index is -0.721. The van der Waals surface area contributed by atoms with Gasteiger partial charge >= 0.3 is 5.97 Å². The van der Waals surface area contributed by atoms with Crippen molar-refractivity contribution in [2.75, 3.05) is 11.9 Å². The molecule has 0 radical (unpaired) electrons. The number of nitro groups is 1. The van der Waals surface area contributed by atoms with E-state index in [0.29, 0.717) is 5.69 Å². The van der Waals surface area contributed by atoms with E-state index in [-0.39, 0.29) is 11.3 Å². The first kappa shape index (κ1) is 17.1. The van der Waals surface area contributed by atoms with Gasteiger partial charge < -0.3 is 10.1 Å². The molecule has 0 aromatic heterocycles. The van der Waals surface area contributed by atoms with Crippen LogP contribution in [0, 0.1) is 24.0 Å². The number of ether oxygens (including phenoxy) is 1. The van der Waals surface area contributed by atoms with Crippen LogP contribution in [0.2, 0.25) is 0 Å². The molecule has 1 N–H and O–H groups in total. The molecule has 0 spiro atoms. The van der Waals surface area contributed by atoms with Crippen molar-refractivity contribution >= 4 is 23.3 Å². The smallest absolute Gasteiger partial charge is 0.338 e. The van der Waals surface area contributed by atoms with Crippen molar-refractivity contribution in [2.24, 2.45) is 0 Å². The number of carbonyl (C=O) groups is 2. The summed E-state index contributed by atoms with van der Waals surface area (Å²) in [5.41, 5.74) is 2.57. The van der Waals surface area contributed by atoms with Gasteiger partial charge in [0.1, 0.15) is 0 Å². The molecule has 7 heteroatoms. The second-order valence-electron chi connectivity index (χ2n) is 5.25. The molecule has 24 heavy (non-hydrogen) atoms. The Labute approximate surface area is 138 Å². The van der Waals surface area contributed by atoms with E-state index in [1.807, 2.05) is 32.0 Å². The molecule has 0 bridgehead atoms. The number of hydrogen-bond acceptors (Lipinski definition) is 5. The lowest BCUT2D eigenvalue weighted by Crippen LogP contribution is -2.21. The van der Waals surface area contributed by atoms with E-state index in [4.69, 9.17) is 4.74 Å². The van der Waals surface area contributed by atoms with Gasteiger partial charge in [0.2, 0.25) is 0 Å². The van der Waals surface area contributed by atoms with E-state index >= 15 is 0 Å². The molecular formula is C17H16N2O5. The third-order valence-corrected chi connectivity index (χ3v) is 3.32. The summed E-state index contributed by atoms with van der Waals surface area (Å²) >= 11 is 0. The molecule has 0 aliphatic carbocycles. The molecule has 0 fully saturated rings. The molecule has 0 unspecified atom stereocenters. The molecule has 124 valence electrons. The quantitative estimate of drug-likeness (QED) is 0.517. The summed E-state index contributed by atoms with van der Waals surface area (Å²) in [7, 11) is 0. The van der Waals surface area contributed by atoms with E-state index in [9.17, 15) is 19.7 Å². The minimum Gasteiger partial charge on any atom is -0.452 e. The Bertz CT molecular complexity index is 784. The fraction of sp³-hybridized carbons (Fsp3) is 0.176. The standard InChI is InChI=1S/C17H16N2O5/c1-11-3-4-12(2)15(9-11)18-16(20)10-24-17(21)13-5-7-14(8-6-13)19(22)23/h3-9H,10H2,1-2H3,(H,18,20). The highest BCUT2D eigenvalue weighted by Crippen LogP contribution is 2.16. The lowest BCUT2D eigenvalue weighted by molar-refractivity contribution is -0.384. The summed E-state index contributed by atoms with van der Waals surface area (Å²) in [5.74, 6) is -1.18. The normalized spacial score (nSPS) is 10.1. The number of hydrogen-bond donors (Lipinski definition) is 1. The number of non-ortho nitro benzene ring substituents is 1. The van der Waals surface area contributed by atoms with Crippen molar-refractivity contribution in [2.45, 2.75) is 13.8 Å². The Kier molecular flexibility index (Phi) is 5.26. The number of nitrogens with one attached hydrogen (secondary N) is 1. The van der Waals surface area contributed by atoms with Crippen LogP contribution in [0.15, 0.2) is 42.5 Å². The maximum atomic E-state index is 11.9. The van der Waals surface area contributed by atoms with Gasteiger partial charge in [-0.2, -0.15) is 0 Å². The summed E-state index contributed by atoms with van der Waals surface area (Å²) < 4.78 is 4.91. The predicted molar refractivity (Wildman–Crippen MR) is 87.9 cm³/mol. The van der Waals surface area contributed by atoms with E-state index in [2.05, 4.69) is 5.32 Å². The van der Waals surface area contributed by atoms with Crippen LogP contribution in [0.5, 0.6) is 0 Å². The van der Waals surface area contributed by atoms with Crippen molar-refractivity contribution in [3.05, 3.63) is 69.3 Å². The van der Waals surface area contributed by atoms with Crippen molar-refractivity contribution in [1.82, 2.24) is 0 Å². The van der Waals surface area contributed by atoms with Crippen LogP contribution in [-0.4, -0.2) is 23.4 Å². The van der Waals surface area contributed by atoms with Crippen molar-refractivity contribution in [3.8, 4) is 0 Å². The summed E-state index contributed by atoms with van der Waals surface area (Å²) in [5, 5.41) is 13.2. The number of nitro benzene ring substituents is 1. The highest BCUT2D eigenvalue weighted by Gasteiger charge is 2.13. The highest BCUT2D eigenvalue weighted by atomic mass is 16.6. The average Bonchev–Trinajstić information content (AvgIpc) is 2.56. The van der Waals surface area contributed by atoms with Gasteiger partial charge in [0.25, 0.3) is 11.6 Å². The molecule has 0 aliphatic rings. The first-order chi connectivity index (χ1) is 11.4. The summed E-state index contributed by atoms with van der Waals surface area (Å²) in [6, 6.07) is 10.6.